The van der Waals surface area contributed by atoms with Crippen molar-refractivity contribution in [3.05, 3.63) is 0 Å². The Morgan fingerprint density at radius 3 is 2.23 bits per heavy atom. The van der Waals surface area contributed by atoms with Crippen LogP contribution in [0.5, 0.6) is 0 Å². The van der Waals surface area contributed by atoms with Gasteiger partial charge in [-0.1, -0.05) is 19.3 Å². The molecule has 0 amide bonds. The summed E-state index contributed by atoms with van der Waals surface area (Å²) in [6.07, 6.45) is 6.37. The molecule has 1 saturated carbocycles. The highest BCUT2D eigenvalue weighted by molar-refractivity contribution is 4.67. The molecule has 1 fully saturated rings. The minimum absolute atomic E-state index is 0.234. The fourth-order valence-electron chi connectivity index (χ4n) is 1.44. The van der Waals surface area contributed by atoms with E-state index in [1.165, 1.54) is 32.1 Å². The van der Waals surface area contributed by atoms with E-state index in [4.69, 9.17) is 9.88 Å². The molecule has 1 aliphatic rings. The highest BCUT2D eigenvalue weighted by atomic mass is 17.3. The molecule has 1 rings (SSSR count). The molecule has 0 aromatic carbocycles. The predicted octanol–water partition coefficient (Wildman–Crippen LogP) is 2.57. The summed E-state index contributed by atoms with van der Waals surface area (Å²) >= 11 is 0. The molecular weight excluding hydrogens is 166 g/mol. The Morgan fingerprint density at radius 1 is 1.08 bits per heavy atom. The van der Waals surface area contributed by atoms with Crippen LogP contribution >= 0.6 is 0 Å². The summed E-state index contributed by atoms with van der Waals surface area (Å²) in [4.78, 5) is 10.1. The number of hydroxylamine groups is 1. The van der Waals surface area contributed by atoms with E-state index in [9.17, 15) is 0 Å². The minimum atomic E-state index is -0.234. The molecule has 0 saturated heterocycles. The molecule has 0 aromatic heterocycles. The normalized spacial score (nSPS) is 20.5. The van der Waals surface area contributed by atoms with Crippen LogP contribution in [-0.4, -0.2) is 11.6 Å². The maximum atomic E-state index is 5.12. The summed E-state index contributed by atoms with van der Waals surface area (Å²) < 4.78 is 0. The van der Waals surface area contributed by atoms with E-state index in [0.717, 1.165) is 0 Å². The van der Waals surface area contributed by atoms with Gasteiger partial charge >= 0.3 is 0 Å². The monoisotopic (exact) mass is 187 g/mol. The SMILES string of the molecule is CC(C)(C)OONC1CCCCC1. The van der Waals surface area contributed by atoms with Crippen LogP contribution in [0.3, 0.4) is 0 Å². The van der Waals surface area contributed by atoms with Crippen LogP contribution in [0.4, 0.5) is 0 Å². The molecule has 0 aliphatic heterocycles. The Hall–Kier alpha value is -0.120. The van der Waals surface area contributed by atoms with Crippen LogP contribution in [0.1, 0.15) is 52.9 Å². The molecule has 0 aromatic rings. The first-order chi connectivity index (χ1) is 6.08. The standard InChI is InChI=1S/C10H21NO2/c1-10(2,3)12-13-11-9-7-5-4-6-8-9/h9,11H,4-8H2,1-3H3. The molecule has 0 atom stereocenters. The van der Waals surface area contributed by atoms with Crippen LogP contribution in [0.15, 0.2) is 0 Å². The summed E-state index contributed by atoms with van der Waals surface area (Å²) in [7, 11) is 0. The largest absolute Gasteiger partial charge is 0.212 e. The van der Waals surface area contributed by atoms with E-state index in [1.807, 2.05) is 20.8 Å². The predicted molar refractivity (Wildman–Crippen MR) is 51.9 cm³/mol. The molecule has 1 N–H and O–H groups in total. The lowest BCUT2D eigenvalue weighted by Gasteiger charge is -2.24. The Labute approximate surface area is 80.7 Å². The number of nitrogens with one attached hydrogen (secondary N) is 1. The van der Waals surface area contributed by atoms with Gasteiger partial charge in [0.2, 0.25) is 0 Å². The topological polar surface area (TPSA) is 30.5 Å². The number of rotatable bonds is 3. The molecule has 3 heteroatoms. The Kier molecular flexibility index (Phi) is 4.16. The van der Waals surface area contributed by atoms with Gasteiger partial charge in [-0.25, -0.2) is 4.89 Å². The van der Waals surface area contributed by atoms with Crippen molar-refractivity contribution in [1.82, 2.24) is 5.48 Å². The van der Waals surface area contributed by atoms with Gasteiger partial charge in [-0.3, -0.25) is 0 Å². The fourth-order valence-corrected chi connectivity index (χ4v) is 1.44. The molecule has 0 bridgehead atoms. The zero-order chi connectivity index (χ0) is 9.73. The van der Waals surface area contributed by atoms with E-state index < -0.39 is 0 Å². The van der Waals surface area contributed by atoms with Gasteiger partial charge in [0.15, 0.2) is 0 Å². The Balaban J connectivity index is 2.04. The van der Waals surface area contributed by atoms with E-state index in [0.29, 0.717) is 6.04 Å². The third kappa shape index (κ3) is 5.24. The van der Waals surface area contributed by atoms with Gasteiger partial charge in [0, 0.05) is 6.04 Å². The van der Waals surface area contributed by atoms with E-state index in [-0.39, 0.29) is 5.60 Å². The minimum Gasteiger partial charge on any atom is -0.212 e. The van der Waals surface area contributed by atoms with Crippen molar-refractivity contribution < 1.29 is 9.88 Å². The second kappa shape index (κ2) is 4.94. The summed E-state index contributed by atoms with van der Waals surface area (Å²) in [6.45, 7) is 5.90. The maximum Gasteiger partial charge on any atom is 0.0972 e. The van der Waals surface area contributed by atoms with Crippen molar-refractivity contribution in [3.63, 3.8) is 0 Å². The maximum absolute atomic E-state index is 5.12. The Morgan fingerprint density at radius 2 is 1.69 bits per heavy atom. The van der Waals surface area contributed by atoms with Crippen molar-refractivity contribution in [1.29, 1.82) is 0 Å². The second-order valence-electron chi connectivity index (χ2n) is 4.73. The molecule has 0 unspecified atom stereocenters. The van der Waals surface area contributed by atoms with E-state index in [2.05, 4.69) is 5.48 Å². The van der Waals surface area contributed by atoms with Gasteiger partial charge in [-0.05, 0) is 33.6 Å². The number of hydrogen-bond donors (Lipinski definition) is 1. The zero-order valence-electron chi connectivity index (χ0n) is 8.93. The molecule has 78 valence electrons. The smallest absolute Gasteiger partial charge is 0.0972 e. The van der Waals surface area contributed by atoms with Gasteiger partial charge in [-0.2, -0.15) is 5.48 Å². The third-order valence-electron chi connectivity index (χ3n) is 2.11. The quantitative estimate of drug-likeness (QED) is 0.544. The summed E-state index contributed by atoms with van der Waals surface area (Å²) in [5.41, 5.74) is 2.72. The summed E-state index contributed by atoms with van der Waals surface area (Å²) in [5, 5.41) is 0. The summed E-state index contributed by atoms with van der Waals surface area (Å²) in [6, 6.07) is 0.482. The van der Waals surface area contributed by atoms with Gasteiger partial charge in [0.1, 0.15) is 0 Å². The first-order valence-corrected chi connectivity index (χ1v) is 5.18. The highest BCUT2D eigenvalue weighted by Gasteiger charge is 2.16. The van der Waals surface area contributed by atoms with Crippen molar-refractivity contribution in [3.8, 4) is 0 Å². The van der Waals surface area contributed by atoms with E-state index in [1.54, 1.807) is 0 Å². The zero-order valence-corrected chi connectivity index (χ0v) is 8.93. The number of hydrogen-bond acceptors (Lipinski definition) is 3. The molecule has 13 heavy (non-hydrogen) atoms. The van der Waals surface area contributed by atoms with Crippen molar-refractivity contribution in [2.75, 3.05) is 0 Å². The average molecular weight is 187 g/mol. The highest BCUT2D eigenvalue weighted by Crippen LogP contribution is 2.17. The first kappa shape index (κ1) is 11.0. The van der Waals surface area contributed by atoms with Crippen LogP contribution in [-0.2, 0) is 9.88 Å². The molecule has 0 spiro atoms. The summed E-state index contributed by atoms with van der Waals surface area (Å²) in [5.74, 6) is 0. The lowest BCUT2D eigenvalue weighted by Crippen LogP contribution is -2.34. The van der Waals surface area contributed by atoms with Crippen LogP contribution in [0.25, 0.3) is 0 Å². The molecule has 1 aliphatic carbocycles. The molecular formula is C10H21NO2. The molecule has 3 nitrogen and oxygen atoms in total. The molecule has 0 radical (unpaired) electrons. The van der Waals surface area contributed by atoms with Gasteiger partial charge < -0.3 is 0 Å². The molecule has 0 heterocycles. The first-order valence-electron chi connectivity index (χ1n) is 5.18. The van der Waals surface area contributed by atoms with Gasteiger partial charge in [-0.15, -0.1) is 4.99 Å². The van der Waals surface area contributed by atoms with Crippen molar-refractivity contribution in [2.24, 2.45) is 0 Å². The van der Waals surface area contributed by atoms with Crippen molar-refractivity contribution in [2.45, 2.75) is 64.5 Å². The fraction of sp³-hybridized carbons (Fsp3) is 1.00. The van der Waals surface area contributed by atoms with Crippen LogP contribution < -0.4 is 5.48 Å². The van der Waals surface area contributed by atoms with Gasteiger partial charge in [0.25, 0.3) is 0 Å². The third-order valence-corrected chi connectivity index (χ3v) is 2.11. The van der Waals surface area contributed by atoms with Crippen molar-refractivity contribution >= 4 is 0 Å². The lowest BCUT2D eigenvalue weighted by molar-refractivity contribution is -0.389. The average Bonchev–Trinajstić information content (AvgIpc) is 2.04. The van der Waals surface area contributed by atoms with Crippen LogP contribution in [0, 0.1) is 0 Å². The lowest BCUT2D eigenvalue weighted by atomic mass is 9.96. The Bertz CT molecular complexity index is 136. The van der Waals surface area contributed by atoms with Gasteiger partial charge in [0.05, 0.1) is 5.60 Å². The second-order valence-corrected chi connectivity index (χ2v) is 4.73. The van der Waals surface area contributed by atoms with Crippen LogP contribution in [0.2, 0.25) is 0 Å². The van der Waals surface area contributed by atoms with E-state index >= 15 is 0 Å².